The van der Waals surface area contributed by atoms with Crippen LogP contribution in [0.5, 0.6) is 0 Å². The maximum Gasteiger partial charge on any atom is 0.0205 e. The lowest BCUT2D eigenvalue weighted by Crippen LogP contribution is -2.14. The van der Waals surface area contributed by atoms with E-state index in [1.165, 1.54) is 31.2 Å². The average molecular weight is 243 g/mol. The Morgan fingerprint density at radius 1 is 0.938 bits per heavy atom. The van der Waals surface area contributed by atoms with Crippen molar-refractivity contribution < 1.29 is 0 Å². The van der Waals surface area contributed by atoms with Gasteiger partial charge in [-0.2, -0.15) is 0 Å². The van der Waals surface area contributed by atoms with Crippen LogP contribution in [0.4, 0.5) is 0 Å². The number of nitrogens with one attached hydrogen (secondary N) is 1. The fourth-order valence-corrected chi connectivity index (χ4v) is 1.58. The third kappa shape index (κ3) is 7.69. The SMILES string of the molecule is Cl.NCCCCCCNCc1ccccc1. The average Bonchev–Trinajstić information content (AvgIpc) is 2.29. The van der Waals surface area contributed by atoms with Crippen molar-refractivity contribution in [2.75, 3.05) is 13.1 Å². The van der Waals surface area contributed by atoms with Gasteiger partial charge in [-0.15, -0.1) is 12.4 Å². The second-order valence-electron chi connectivity index (χ2n) is 3.87. The lowest BCUT2D eigenvalue weighted by atomic mass is 10.2. The minimum Gasteiger partial charge on any atom is -0.330 e. The quantitative estimate of drug-likeness (QED) is 0.688. The van der Waals surface area contributed by atoms with E-state index >= 15 is 0 Å². The van der Waals surface area contributed by atoms with Crippen molar-refractivity contribution >= 4 is 12.4 Å². The number of nitrogens with two attached hydrogens (primary N) is 1. The molecule has 0 spiro atoms. The van der Waals surface area contributed by atoms with Gasteiger partial charge >= 0.3 is 0 Å². The Morgan fingerprint density at radius 3 is 2.31 bits per heavy atom. The van der Waals surface area contributed by atoms with E-state index in [4.69, 9.17) is 5.73 Å². The number of unbranched alkanes of at least 4 members (excludes halogenated alkanes) is 3. The van der Waals surface area contributed by atoms with Gasteiger partial charge in [0.2, 0.25) is 0 Å². The highest BCUT2D eigenvalue weighted by molar-refractivity contribution is 5.85. The molecule has 92 valence electrons. The van der Waals surface area contributed by atoms with Crippen LogP contribution in [0.2, 0.25) is 0 Å². The van der Waals surface area contributed by atoms with E-state index in [0.29, 0.717) is 0 Å². The first-order chi connectivity index (χ1) is 7.43. The molecule has 0 heterocycles. The molecule has 0 saturated heterocycles. The predicted molar refractivity (Wildman–Crippen MR) is 72.9 cm³/mol. The number of halogens is 1. The molecule has 0 fully saturated rings. The fraction of sp³-hybridized carbons (Fsp3) is 0.538. The monoisotopic (exact) mass is 242 g/mol. The van der Waals surface area contributed by atoms with Crippen LogP contribution in [0.3, 0.4) is 0 Å². The smallest absolute Gasteiger partial charge is 0.0205 e. The van der Waals surface area contributed by atoms with Crippen molar-refractivity contribution in [2.24, 2.45) is 5.73 Å². The van der Waals surface area contributed by atoms with Crippen LogP contribution in [0.1, 0.15) is 31.2 Å². The van der Waals surface area contributed by atoms with Crippen LogP contribution in [0, 0.1) is 0 Å². The van der Waals surface area contributed by atoms with Gasteiger partial charge in [-0.3, -0.25) is 0 Å². The van der Waals surface area contributed by atoms with E-state index in [1.807, 2.05) is 0 Å². The van der Waals surface area contributed by atoms with E-state index in [2.05, 4.69) is 35.6 Å². The lowest BCUT2D eigenvalue weighted by Gasteiger charge is -2.04. The van der Waals surface area contributed by atoms with Gasteiger partial charge in [0.15, 0.2) is 0 Å². The number of benzene rings is 1. The minimum absolute atomic E-state index is 0. The molecule has 0 atom stereocenters. The zero-order valence-corrected chi connectivity index (χ0v) is 10.6. The van der Waals surface area contributed by atoms with Gasteiger partial charge in [-0.1, -0.05) is 43.2 Å². The summed E-state index contributed by atoms with van der Waals surface area (Å²) in [5.74, 6) is 0. The van der Waals surface area contributed by atoms with Crippen molar-refractivity contribution in [3.63, 3.8) is 0 Å². The van der Waals surface area contributed by atoms with Crippen molar-refractivity contribution in [1.29, 1.82) is 0 Å². The Bertz CT molecular complexity index is 239. The molecule has 0 bridgehead atoms. The number of rotatable bonds is 8. The van der Waals surface area contributed by atoms with E-state index in [-0.39, 0.29) is 12.4 Å². The van der Waals surface area contributed by atoms with E-state index in [1.54, 1.807) is 0 Å². The van der Waals surface area contributed by atoms with Gasteiger partial charge in [0, 0.05) is 6.54 Å². The summed E-state index contributed by atoms with van der Waals surface area (Å²) in [7, 11) is 0. The topological polar surface area (TPSA) is 38.0 Å². The summed E-state index contributed by atoms with van der Waals surface area (Å²) in [6.45, 7) is 2.93. The molecule has 3 heteroatoms. The van der Waals surface area contributed by atoms with Crippen LogP contribution in [0.15, 0.2) is 30.3 Å². The molecule has 0 unspecified atom stereocenters. The first kappa shape index (κ1) is 15.4. The number of hydrogen-bond donors (Lipinski definition) is 2. The van der Waals surface area contributed by atoms with Gasteiger partial charge < -0.3 is 11.1 Å². The molecule has 16 heavy (non-hydrogen) atoms. The van der Waals surface area contributed by atoms with E-state index in [9.17, 15) is 0 Å². The molecule has 0 aliphatic heterocycles. The van der Waals surface area contributed by atoms with Gasteiger partial charge in [0.05, 0.1) is 0 Å². The van der Waals surface area contributed by atoms with Gasteiger partial charge in [0.25, 0.3) is 0 Å². The second kappa shape index (κ2) is 10.9. The maximum atomic E-state index is 5.43. The first-order valence-corrected chi connectivity index (χ1v) is 5.88. The molecule has 0 amide bonds. The van der Waals surface area contributed by atoms with Crippen molar-refractivity contribution in [3.8, 4) is 0 Å². The summed E-state index contributed by atoms with van der Waals surface area (Å²) in [5.41, 5.74) is 6.79. The van der Waals surface area contributed by atoms with Gasteiger partial charge in [0.1, 0.15) is 0 Å². The van der Waals surface area contributed by atoms with Crippen molar-refractivity contribution in [2.45, 2.75) is 32.2 Å². The summed E-state index contributed by atoms with van der Waals surface area (Å²) in [5, 5.41) is 3.45. The summed E-state index contributed by atoms with van der Waals surface area (Å²) in [4.78, 5) is 0. The molecule has 0 saturated carbocycles. The van der Waals surface area contributed by atoms with Gasteiger partial charge in [-0.05, 0) is 31.5 Å². The lowest BCUT2D eigenvalue weighted by molar-refractivity contribution is 0.590. The van der Waals surface area contributed by atoms with Crippen molar-refractivity contribution in [3.05, 3.63) is 35.9 Å². The fourth-order valence-electron chi connectivity index (χ4n) is 1.58. The molecular formula is C13H23ClN2. The Labute approximate surface area is 105 Å². The summed E-state index contributed by atoms with van der Waals surface area (Å²) >= 11 is 0. The van der Waals surface area contributed by atoms with Crippen LogP contribution in [-0.2, 0) is 6.54 Å². The molecule has 0 aliphatic rings. The normalized spacial score (nSPS) is 9.81. The summed E-state index contributed by atoms with van der Waals surface area (Å²) in [6, 6.07) is 10.5. The zero-order chi connectivity index (χ0) is 10.8. The first-order valence-electron chi connectivity index (χ1n) is 5.88. The molecule has 2 nitrogen and oxygen atoms in total. The van der Waals surface area contributed by atoms with Crippen LogP contribution >= 0.6 is 12.4 Å². The molecule has 0 aromatic heterocycles. The molecular weight excluding hydrogens is 220 g/mol. The standard InChI is InChI=1S/C13H22N2.ClH/c14-10-6-1-2-7-11-15-12-13-8-4-3-5-9-13;/h3-5,8-9,15H,1-2,6-7,10-12,14H2;1H. The highest BCUT2D eigenvalue weighted by atomic mass is 35.5. The van der Waals surface area contributed by atoms with Crippen LogP contribution in [0.25, 0.3) is 0 Å². The predicted octanol–water partition coefficient (Wildman–Crippen LogP) is 2.72. The highest BCUT2D eigenvalue weighted by Gasteiger charge is 1.91. The summed E-state index contributed by atoms with van der Waals surface area (Å²) in [6.07, 6.45) is 4.98. The molecule has 1 aromatic carbocycles. The Balaban J connectivity index is 0.00000225. The number of hydrogen-bond acceptors (Lipinski definition) is 2. The molecule has 3 N–H and O–H groups in total. The zero-order valence-electron chi connectivity index (χ0n) is 9.82. The van der Waals surface area contributed by atoms with E-state index in [0.717, 1.165) is 19.6 Å². The molecule has 0 aliphatic carbocycles. The third-order valence-electron chi connectivity index (χ3n) is 2.48. The summed E-state index contributed by atoms with van der Waals surface area (Å²) < 4.78 is 0. The third-order valence-corrected chi connectivity index (χ3v) is 2.48. The Hall–Kier alpha value is -0.570. The maximum absolute atomic E-state index is 5.43. The molecule has 0 radical (unpaired) electrons. The second-order valence-corrected chi connectivity index (χ2v) is 3.87. The van der Waals surface area contributed by atoms with E-state index < -0.39 is 0 Å². The minimum atomic E-state index is 0. The van der Waals surface area contributed by atoms with Crippen LogP contribution in [-0.4, -0.2) is 13.1 Å². The largest absolute Gasteiger partial charge is 0.330 e. The Morgan fingerprint density at radius 2 is 1.62 bits per heavy atom. The van der Waals surface area contributed by atoms with Crippen LogP contribution < -0.4 is 11.1 Å². The Kier molecular flexibility index (Phi) is 10.5. The molecule has 1 rings (SSSR count). The van der Waals surface area contributed by atoms with Gasteiger partial charge in [-0.25, -0.2) is 0 Å². The molecule has 1 aromatic rings. The highest BCUT2D eigenvalue weighted by Crippen LogP contribution is 1.99. The van der Waals surface area contributed by atoms with Crippen molar-refractivity contribution in [1.82, 2.24) is 5.32 Å².